The molecule has 0 spiro atoms. The predicted octanol–water partition coefficient (Wildman–Crippen LogP) is 0.283. The third kappa shape index (κ3) is 3.31. The second kappa shape index (κ2) is 7.45. The van der Waals surface area contributed by atoms with Crippen molar-refractivity contribution in [3.8, 4) is 0 Å². The number of aryl methyl sites for hydroxylation is 1. The Bertz CT molecular complexity index is 727. The van der Waals surface area contributed by atoms with Gasteiger partial charge in [0, 0.05) is 45.8 Å². The smallest absolute Gasteiger partial charge is 0.226 e. The number of aliphatic hydroxyl groups is 1. The van der Waals surface area contributed by atoms with Crippen LogP contribution in [-0.4, -0.2) is 75.2 Å². The normalized spacial score (nSPS) is 21.3. The van der Waals surface area contributed by atoms with Crippen LogP contribution < -0.4 is 14.7 Å². The maximum Gasteiger partial charge on any atom is 0.226 e. The van der Waals surface area contributed by atoms with Crippen LogP contribution in [0.1, 0.15) is 19.3 Å². The molecule has 0 aromatic carbocycles. The molecule has 2 fully saturated rings. The Hall–Kier alpha value is -2.42. The summed E-state index contributed by atoms with van der Waals surface area (Å²) in [5.74, 6) is 2.78. The van der Waals surface area contributed by atoms with Gasteiger partial charge in [-0.05, 0) is 19.3 Å². The van der Waals surface area contributed by atoms with Crippen molar-refractivity contribution in [1.29, 1.82) is 0 Å². The van der Waals surface area contributed by atoms with Gasteiger partial charge in [-0.3, -0.25) is 0 Å². The minimum atomic E-state index is 0.166. The lowest BCUT2D eigenvalue weighted by molar-refractivity contribution is 0.239. The summed E-state index contributed by atoms with van der Waals surface area (Å²) in [6.45, 7) is 4.65. The summed E-state index contributed by atoms with van der Waals surface area (Å²) < 4.78 is 1.95. The molecule has 2 aromatic rings. The van der Waals surface area contributed by atoms with Gasteiger partial charge >= 0.3 is 0 Å². The zero-order chi connectivity index (χ0) is 17.9. The topological polar surface area (TPSA) is 86.4 Å². The highest BCUT2D eigenvalue weighted by Crippen LogP contribution is 2.26. The molecule has 4 heterocycles. The maximum absolute atomic E-state index is 9.67. The van der Waals surface area contributed by atoms with E-state index >= 15 is 0 Å². The highest BCUT2D eigenvalue weighted by atomic mass is 16.3. The van der Waals surface area contributed by atoms with Crippen molar-refractivity contribution in [2.45, 2.75) is 25.3 Å². The summed E-state index contributed by atoms with van der Waals surface area (Å²) in [6, 6.07) is 2.23. The Balaban J connectivity index is 1.45. The van der Waals surface area contributed by atoms with Gasteiger partial charge in [-0.25, -0.2) is 9.97 Å². The molecule has 4 rings (SSSR count). The van der Waals surface area contributed by atoms with Crippen LogP contribution in [0.15, 0.2) is 18.7 Å². The summed E-state index contributed by atoms with van der Waals surface area (Å²) in [7, 11) is 1.97. The molecule has 1 N–H and O–H groups in total. The van der Waals surface area contributed by atoms with Crippen molar-refractivity contribution in [3.05, 3.63) is 18.7 Å². The zero-order valence-electron chi connectivity index (χ0n) is 15.2. The van der Waals surface area contributed by atoms with E-state index in [2.05, 4.69) is 40.9 Å². The number of piperazine rings is 1. The fraction of sp³-hybridized carbons (Fsp3) is 0.647. The van der Waals surface area contributed by atoms with Crippen molar-refractivity contribution >= 4 is 17.6 Å². The van der Waals surface area contributed by atoms with Crippen molar-refractivity contribution in [3.63, 3.8) is 0 Å². The van der Waals surface area contributed by atoms with Crippen LogP contribution in [0.5, 0.6) is 0 Å². The van der Waals surface area contributed by atoms with Gasteiger partial charge in [-0.1, -0.05) is 0 Å². The van der Waals surface area contributed by atoms with Crippen molar-refractivity contribution in [2.75, 3.05) is 54.0 Å². The molecule has 9 heteroatoms. The lowest BCUT2D eigenvalue weighted by Gasteiger charge is -2.37. The minimum absolute atomic E-state index is 0.166. The average Bonchev–Trinajstić information content (AvgIpc) is 3.14. The van der Waals surface area contributed by atoms with E-state index < -0.39 is 0 Å². The van der Waals surface area contributed by atoms with E-state index in [0.29, 0.717) is 0 Å². The van der Waals surface area contributed by atoms with E-state index in [-0.39, 0.29) is 12.6 Å². The number of anilines is 3. The van der Waals surface area contributed by atoms with E-state index in [1.807, 2.05) is 11.6 Å². The Morgan fingerprint density at radius 1 is 1.04 bits per heavy atom. The SMILES string of the molecule is Cn1cnnc1N1CCN(c2cc(N3CCCCC3CO)ncn2)CC1. The first-order valence-electron chi connectivity index (χ1n) is 9.29. The largest absolute Gasteiger partial charge is 0.394 e. The Morgan fingerprint density at radius 3 is 2.54 bits per heavy atom. The van der Waals surface area contributed by atoms with Gasteiger partial charge in [0.1, 0.15) is 24.3 Å². The molecule has 9 nitrogen and oxygen atoms in total. The third-order valence-corrected chi connectivity index (χ3v) is 5.34. The minimum Gasteiger partial charge on any atom is -0.394 e. The van der Waals surface area contributed by atoms with Crippen LogP contribution >= 0.6 is 0 Å². The van der Waals surface area contributed by atoms with Crippen LogP contribution in [0, 0.1) is 0 Å². The Kier molecular flexibility index (Phi) is 4.87. The first-order valence-corrected chi connectivity index (χ1v) is 9.29. The summed E-state index contributed by atoms with van der Waals surface area (Å²) in [5, 5.41) is 17.8. The van der Waals surface area contributed by atoms with Crippen LogP contribution in [0.25, 0.3) is 0 Å². The van der Waals surface area contributed by atoms with Gasteiger partial charge in [0.15, 0.2) is 0 Å². The average molecular weight is 358 g/mol. The zero-order valence-corrected chi connectivity index (χ0v) is 15.2. The standard InChI is InChI=1S/C17H26N8O/c1-22-13-20-21-17(22)24-8-6-23(7-9-24)15-10-16(19-12-18-15)25-5-3-2-4-14(25)11-26/h10,12-14,26H,2-9,11H2,1H3. The molecule has 140 valence electrons. The third-order valence-electron chi connectivity index (χ3n) is 5.34. The number of nitrogens with zero attached hydrogens (tertiary/aromatic N) is 8. The summed E-state index contributed by atoms with van der Waals surface area (Å²) in [4.78, 5) is 15.7. The molecule has 0 amide bonds. The molecule has 2 aliphatic heterocycles. The highest BCUT2D eigenvalue weighted by molar-refractivity contribution is 5.52. The van der Waals surface area contributed by atoms with Crippen molar-refractivity contribution < 1.29 is 5.11 Å². The molecule has 0 saturated carbocycles. The lowest BCUT2D eigenvalue weighted by atomic mass is 10.0. The molecular weight excluding hydrogens is 332 g/mol. The second-order valence-corrected chi connectivity index (χ2v) is 6.98. The van der Waals surface area contributed by atoms with Gasteiger partial charge < -0.3 is 24.4 Å². The van der Waals surface area contributed by atoms with Crippen molar-refractivity contribution in [2.24, 2.45) is 7.05 Å². The maximum atomic E-state index is 9.67. The molecule has 1 atom stereocenters. The van der Waals surface area contributed by atoms with Crippen LogP contribution in [-0.2, 0) is 7.05 Å². The number of hydrogen-bond donors (Lipinski definition) is 1. The second-order valence-electron chi connectivity index (χ2n) is 6.98. The molecule has 2 aliphatic rings. The molecule has 0 bridgehead atoms. The van der Waals surface area contributed by atoms with Gasteiger partial charge in [0.05, 0.1) is 12.6 Å². The molecule has 0 aliphatic carbocycles. The summed E-state index contributed by atoms with van der Waals surface area (Å²) >= 11 is 0. The number of piperidine rings is 1. The van der Waals surface area contributed by atoms with E-state index in [1.54, 1.807) is 12.7 Å². The van der Waals surface area contributed by atoms with Gasteiger partial charge in [-0.15, -0.1) is 10.2 Å². The number of rotatable bonds is 4. The molecular formula is C17H26N8O. The first-order chi connectivity index (χ1) is 12.8. The molecule has 26 heavy (non-hydrogen) atoms. The molecule has 0 radical (unpaired) electrons. The van der Waals surface area contributed by atoms with Gasteiger partial charge in [-0.2, -0.15) is 0 Å². The molecule has 2 aromatic heterocycles. The highest BCUT2D eigenvalue weighted by Gasteiger charge is 2.25. The number of aliphatic hydroxyl groups excluding tert-OH is 1. The van der Waals surface area contributed by atoms with E-state index in [9.17, 15) is 5.11 Å². The van der Waals surface area contributed by atoms with Gasteiger partial charge in [0.2, 0.25) is 5.95 Å². The van der Waals surface area contributed by atoms with E-state index in [0.717, 1.165) is 63.1 Å². The predicted molar refractivity (Wildman–Crippen MR) is 99.5 cm³/mol. The molecule has 2 saturated heterocycles. The Morgan fingerprint density at radius 2 is 1.81 bits per heavy atom. The van der Waals surface area contributed by atoms with Crippen LogP contribution in [0.3, 0.4) is 0 Å². The fourth-order valence-corrected chi connectivity index (χ4v) is 3.86. The lowest BCUT2D eigenvalue weighted by Crippen LogP contribution is -2.48. The summed E-state index contributed by atoms with van der Waals surface area (Å²) in [6.07, 6.45) is 6.71. The number of aromatic nitrogens is 5. The first kappa shape index (κ1) is 17.0. The summed E-state index contributed by atoms with van der Waals surface area (Å²) in [5.41, 5.74) is 0. The van der Waals surface area contributed by atoms with Gasteiger partial charge in [0.25, 0.3) is 0 Å². The fourth-order valence-electron chi connectivity index (χ4n) is 3.86. The van der Waals surface area contributed by atoms with Crippen LogP contribution in [0.4, 0.5) is 17.6 Å². The van der Waals surface area contributed by atoms with Crippen LogP contribution in [0.2, 0.25) is 0 Å². The number of hydrogen-bond acceptors (Lipinski definition) is 8. The van der Waals surface area contributed by atoms with Crippen molar-refractivity contribution in [1.82, 2.24) is 24.7 Å². The van der Waals surface area contributed by atoms with E-state index in [1.165, 1.54) is 6.42 Å². The monoisotopic (exact) mass is 358 g/mol. The Labute approximate surface area is 153 Å². The quantitative estimate of drug-likeness (QED) is 0.834. The molecule has 1 unspecified atom stereocenters. The van der Waals surface area contributed by atoms with E-state index in [4.69, 9.17) is 0 Å².